The predicted octanol–water partition coefficient (Wildman–Crippen LogP) is 3.78. The van der Waals surface area contributed by atoms with Crippen molar-refractivity contribution in [1.82, 2.24) is 0 Å². The predicted molar refractivity (Wildman–Crippen MR) is 78.1 cm³/mol. The van der Waals surface area contributed by atoms with E-state index in [4.69, 9.17) is 0 Å². The van der Waals surface area contributed by atoms with Gasteiger partial charge in [-0.1, -0.05) is 31.5 Å². The molecule has 0 unspecified atom stereocenters. The van der Waals surface area contributed by atoms with Gasteiger partial charge in [0.1, 0.15) is 0 Å². The van der Waals surface area contributed by atoms with E-state index in [1.165, 1.54) is 18.4 Å². The highest BCUT2D eigenvalue weighted by molar-refractivity contribution is 5.76. The average molecular weight is 257 g/mol. The summed E-state index contributed by atoms with van der Waals surface area (Å²) in [5.74, 6) is 1.54. The Balaban J connectivity index is 1.86. The van der Waals surface area contributed by atoms with Gasteiger partial charge in [-0.25, -0.2) is 0 Å². The highest BCUT2D eigenvalue weighted by atomic mass is 16.1. The molecule has 0 saturated heterocycles. The molecule has 0 N–H and O–H groups in total. The molecule has 0 aliphatic heterocycles. The molecule has 0 spiro atoms. The maximum Gasteiger partial charge on any atom is 0.214 e. The molecule has 3 atom stereocenters. The van der Waals surface area contributed by atoms with Crippen LogP contribution in [0.1, 0.15) is 38.7 Å². The van der Waals surface area contributed by atoms with Crippen molar-refractivity contribution in [3.8, 4) is 0 Å². The summed E-state index contributed by atoms with van der Waals surface area (Å²) in [6, 6.07) is 8.70. The van der Waals surface area contributed by atoms with E-state index in [1.54, 1.807) is 0 Å². The maximum atomic E-state index is 11.6. The Morgan fingerprint density at radius 2 is 1.89 bits per heavy atom. The van der Waals surface area contributed by atoms with Crippen LogP contribution in [0.4, 0.5) is 5.69 Å². The molecule has 0 heterocycles. The zero-order valence-electron chi connectivity index (χ0n) is 12.1. The van der Waals surface area contributed by atoms with E-state index in [0.717, 1.165) is 24.4 Å². The Morgan fingerprint density at radius 1 is 1.21 bits per heavy atom. The Labute approximate surface area is 115 Å². The van der Waals surface area contributed by atoms with E-state index < -0.39 is 0 Å². The van der Waals surface area contributed by atoms with Crippen LogP contribution in [0.3, 0.4) is 0 Å². The molecule has 3 saturated carbocycles. The van der Waals surface area contributed by atoms with Crippen molar-refractivity contribution < 1.29 is 4.79 Å². The van der Waals surface area contributed by atoms with Gasteiger partial charge < -0.3 is 4.90 Å². The van der Waals surface area contributed by atoms with Gasteiger partial charge in [-0.2, -0.15) is 0 Å². The molecule has 2 heteroatoms. The van der Waals surface area contributed by atoms with Crippen LogP contribution < -0.4 is 4.90 Å². The van der Waals surface area contributed by atoms with Crippen molar-refractivity contribution in [2.24, 2.45) is 17.3 Å². The van der Waals surface area contributed by atoms with Crippen molar-refractivity contribution in [2.45, 2.75) is 46.1 Å². The van der Waals surface area contributed by atoms with E-state index in [1.807, 2.05) is 4.90 Å². The number of anilines is 1. The summed E-state index contributed by atoms with van der Waals surface area (Å²) in [5, 5.41) is 0. The molecule has 2 bridgehead atoms. The fourth-order valence-electron chi connectivity index (χ4n) is 4.15. The molecule has 1 aromatic carbocycles. The summed E-state index contributed by atoms with van der Waals surface area (Å²) < 4.78 is 0. The lowest BCUT2D eigenvalue weighted by Crippen LogP contribution is -2.59. The summed E-state index contributed by atoms with van der Waals surface area (Å²) in [6.45, 7) is 6.82. The molecule has 1 aromatic rings. The number of fused-ring (bicyclic) bond motifs is 2. The number of rotatable bonds is 3. The molecule has 3 fully saturated rings. The number of amides is 1. The Bertz CT molecular complexity index is 475. The minimum absolute atomic E-state index is 0.389. The van der Waals surface area contributed by atoms with Gasteiger partial charge in [-0.3, -0.25) is 4.79 Å². The first-order chi connectivity index (χ1) is 9.04. The molecule has 2 nitrogen and oxygen atoms in total. The smallest absolute Gasteiger partial charge is 0.214 e. The van der Waals surface area contributed by atoms with Crippen LogP contribution in [0.2, 0.25) is 0 Å². The van der Waals surface area contributed by atoms with Gasteiger partial charge in [-0.15, -0.1) is 0 Å². The quantitative estimate of drug-likeness (QED) is 0.755. The molecular weight excluding hydrogens is 234 g/mol. The average Bonchev–Trinajstić information content (AvgIpc) is 2.42. The SMILES string of the molecule is Cc1ccc(N(C=O)[C@H]2CC[C@H]3C[C@@H]2C3(C)C)cc1. The van der Waals surface area contributed by atoms with Crippen molar-refractivity contribution in [3.05, 3.63) is 29.8 Å². The van der Waals surface area contributed by atoms with Gasteiger partial charge in [-0.05, 0) is 55.6 Å². The lowest BCUT2D eigenvalue weighted by atomic mass is 9.47. The summed E-state index contributed by atoms with van der Waals surface area (Å²) in [5.41, 5.74) is 2.70. The summed E-state index contributed by atoms with van der Waals surface area (Å²) >= 11 is 0. The molecule has 102 valence electrons. The third kappa shape index (κ3) is 1.89. The van der Waals surface area contributed by atoms with E-state index in [2.05, 4.69) is 45.0 Å². The van der Waals surface area contributed by atoms with Gasteiger partial charge in [0.05, 0.1) is 0 Å². The lowest BCUT2D eigenvalue weighted by Gasteiger charge is -2.61. The van der Waals surface area contributed by atoms with Gasteiger partial charge >= 0.3 is 0 Å². The highest BCUT2D eigenvalue weighted by Gasteiger charge is 2.55. The second kappa shape index (κ2) is 4.36. The first-order valence-corrected chi connectivity index (χ1v) is 7.34. The fourth-order valence-corrected chi connectivity index (χ4v) is 4.15. The van der Waals surface area contributed by atoms with Gasteiger partial charge in [0.15, 0.2) is 0 Å². The number of nitrogens with zero attached hydrogens (tertiary/aromatic N) is 1. The highest BCUT2D eigenvalue weighted by Crippen LogP contribution is 2.60. The van der Waals surface area contributed by atoms with Crippen LogP contribution in [-0.2, 0) is 4.79 Å². The summed E-state index contributed by atoms with van der Waals surface area (Å²) in [6.07, 6.45) is 4.76. The van der Waals surface area contributed by atoms with Crippen molar-refractivity contribution >= 4 is 12.1 Å². The Kier molecular flexibility index (Phi) is 2.92. The normalized spacial score (nSPS) is 31.4. The second-order valence-electron chi connectivity index (χ2n) is 6.85. The maximum absolute atomic E-state index is 11.6. The molecule has 3 aliphatic rings. The zero-order chi connectivity index (χ0) is 13.6. The second-order valence-corrected chi connectivity index (χ2v) is 6.85. The third-order valence-electron chi connectivity index (χ3n) is 5.62. The van der Waals surface area contributed by atoms with Crippen LogP contribution in [0.5, 0.6) is 0 Å². The Morgan fingerprint density at radius 3 is 2.42 bits per heavy atom. The molecule has 1 amide bonds. The lowest BCUT2D eigenvalue weighted by molar-refractivity contribution is -0.113. The number of carbonyl (C=O) groups excluding carboxylic acids is 1. The molecule has 0 radical (unpaired) electrons. The van der Waals surface area contributed by atoms with Crippen LogP contribution in [-0.4, -0.2) is 12.5 Å². The molecule has 0 aromatic heterocycles. The topological polar surface area (TPSA) is 20.3 Å². The van der Waals surface area contributed by atoms with Crippen LogP contribution in [0.25, 0.3) is 0 Å². The van der Waals surface area contributed by atoms with Gasteiger partial charge in [0, 0.05) is 11.7 Å². The summed E-state index contributed by atoms with van der Waals surface area (Å²) in [7, 11) is 0. The van der Waals surface area contributed by atoms with Gasteiger partial charge in [0.25, 0.3) is 0 Å². The third-order valence-corrected chi connectivity index (χ3v) is 5.62. The number of carbonyl (C=O) groups is 1. The largest absolute Gasteiger partial charge is 0.312 e. The van der Waals surface area contributed by atoms with Crippen LogP contribution >= 0.6 is 0 Å². The monoisotopic (exact) mass is 257 g/mol. The Hall–Kier alpha value is -1.31. The molecule has 4 rings (SSSR count). The molecule has 19 heavy (non-hydrogen) atoms. The minimum atomic E-state index is 0.389. The molecular formula is C17H23NO. The number of hydrogen-bond acceptors (Lipinski definition) is 1. The zero-order valence-corrected chi connectivity index (χ0v) is 12.1. The number of hydrogen-bond donors (Lipinski definition) is 0. The van der Waals surface area contributed by atoms with E-state index in [9.17, 15) is 4.79 Å². The first kappa shape index (κ1) is 12.7. The number of aryl methyl sites for hydroxylation is 1. The van der Waals surface area contributed by atoms with Crippen molar-refractivity contribution in [2.75, 3.05) is 4.90 Å². The fraction of sp³-hybridized carbons (Fsp3) is 0.588. The van der Waals surface area contributed by atoms with Gasteiger partial charge in [0.2, 0.25) is 6.41 Å². The number of benzene rings is 1. The summed E-state index contributed by atoms with van der Waals surface area (Å²) in [4.78, 5) is 13.6. The first-order valence-electron chi connectivity index (χ1n) is 7.34. The van der Waals surface area contributed by atoms with Crippen molar-refractivity contribution in [3.63, 3.8) is 0 Å². The van der Waals surface area contributed by atoms with Crippen LogP contribution in [0, 0.1) is 24.2 Å². The van der Waals surface area contributed by atoms with E-state index in [0.29, 0.717) is 17.4 Å². The van der Waals surface area contributed by atoms with Crippen molar-refractivity contribution in [1.29, 1.82) is 0 Å². The standard InChI is InChI=1S/C17H23NO/c1-12-4-7-14(8-5-12)18(11-19)16-9-6-13-10-15(16)17(13,2)3/h4-5,7-8,11,13,15-16H,6,9-10H2,1-3H3/t13-,15-,16-/m0/s1. The van der Waals surface area contributed by atoms with Crippen LogP contribution in [0.15, 0.2) is 24.3 Å². The minimum Gasteiger partial charge on any atom is -0.312 e. The van der Waals surface area contributed by atoms with E-state index >= 15 is 0 Å². The molecule has 3 aliphatic carbocycles. The van der Waals surface area contributed by atoms with E-state index in [-0.39, 0.29) is 0 Å².